The predicted octanol–water partition coefficient (Wildman–Crippen LogP) is 23.7. The average Bonchev–Trinajstić information content (AvgIpc) is 4.69. The summed E-state index contributed by atoms with van der Waals surface area (Å²) in [5.74, 6) is 2.21. The first kappa shape index (κ1) is 148. The van der Waals surface area contributed by atoms with Gasteiger partial charge in [-0.1, -0.05) is 334 Å². The van der Waals surface area contributed by atoms with Crippen molar-refractivity contribution in [1.29, 1.82) is 0 Å². The Hall–Kier alpha value is -3.01. The smallest absolute Gasteiger partial charge is 0.194 e. The normalized spacial score (nSPS) is 13.7. The number of hydroxylamine groups is 1. The Bertz CT molecular complexity index is 812. The van der Waals surface area contributed by atoms with Crippen LogP contribution in [0.3, 0.4) is 0 Å². The quantitative estimate of drug-likeness (QED) is 0.121. The first-order valence-electron chi connectivity index (χ1n) is 40.7. The van der Waals surface area contributed by atoms with Gasteiger partial charge in [-0.15, -0.1) is 16.9 Å². The molecule has 0 unspecified atom stereocenters. The largest absolute Gasteiger partial charge is 0.483 e. The second kappa shape index (κ2) is 270. The zero-order chi connectivity index (χ0) is 80.3. The second-order valence-electron chi connectivity index (χ2n) is 12.5. The van der Waals surface area contributed by atoms with Gasteiger partial charge in [0.2, 0.25) is 0 Å². The molecule has 608 valence electrons. The molecule has 20 heteroatoms. The lowest BCUT2D eigenvalue weighted by molar-refractivity contribution is 0.117. The number of aliphatic imine (C=N–C) groups is 5. The van der Waals surface area contributed by atoms with Crippen LogP contribution in [0.15, 0.2) is 35.2 Å². The zero-order valence-electron chi connectivity index (χ0n) is 74.3. The molecule has 0 aromatic rings. The van der Waals surface area contributed by atoms with Crippen molar-refractivity contribution in [1.82, 2.24) is 37.6 Å². The summed E-state index contributed by atoms with van der Waals surface area (Å²) in [4.78, 5) is 23.8. The predicted molar refractivity (Wildman–Crippen MR) is 471 cm³/mol. The number of piperazine rings is 1. The number of nitrogens with zero attached hydrogens (tertiary/aromatic N) is 7. The second-order valence-corrected chi connectivity index (χ2v) is 14.3. The Morgan fingerprint density at radius 1 is 0.320 bits per heavy atom. The van der Waals surface area contributed by atoms with Crippen LogP contribution in [0.25, 0.3) is 0 Å². The highest BCUT2D eigenvalue weighted by molar-refractivity contribution is 8.12. The third-order valence-corrected chi connectivity index (χ3v) is 9.01. The van der Waals surface area contributed by atoms with Gasteiger partial charge in [-0.25, -0.2) is 4.99 Å². The van der Waals surface area contributed by atoms with Gasteiger partial charge in [-0.2, -0.15) is 5.10 Å². The standard InChI is InChI=1S/C6H12.C5H11N.C4H10N2.C4H8N2.2C4H7NO.C4H7NS.2C2H4N2O.C2H4N2S.20C2H6/c2*1-2-4-6-5-3-1;1-2-6-4-3-5-1;1-2-5-4-6-3-1;1-3-6-4-2-5-1;2*1-2-5-4-6-3-1;1-3-4-2-5-1;1-3-2-5-4-1;1-3-4-2-5-1;20*1-2/h1-6H2;6H,1-5H2;5-6H,1-4H2;4H,1-3H2,(H,5,6);1H,2-4H2;2*4H,1-3H2;1,4H,2H2;1H,2H2,(H,3,4);1,4H,2H2;20*1-2H3. The molecule has 2 saturated heterocycles. The Morgan fingerprint density at radius 3 is 0.856 bits per heavy atom. The number of piperidine rings is 1. The third-order valence-electron chi connectivity index (χ3n) is 7.64. The summed E-state index contributed by atoms with van der Waals surface area (Å²) in [6, 6.07) is 0. The SMILES string of the molecule is C1=NCCCN1.C1=NCCCO1.C1=NCCCS1.C1=NCCOC1.C1=NCON1.C1=NNCO1.C1=NNCS1.C1CCCCC1.C1CCNCC1.C1CNCCN1.CC.CC.CC.CC.CC.CC.CC.CC.CC.CC.CC.CC.CC.CC.CC.CC.CC.CC.CC.CC. The van der Waals surface area contributed by atoms with Crippen molar-refractivity contribution in [2.75, 3.05) is 117 Å². The van der Waals surface area contributed by atoms with E-state index in [2.05, 4.69) is 82.3 Å². The first-order chi connectivity index (χ1) is 48.5. The van der Waals surface area contributed by atoms with Gasteiger partial charge in [0.25, 0.3) is 0 Å². The molecule has 0 aromatic heterocycles. The van der Waals surface area contributed by atoms with E-state index < -0.39 is 0 Å². The summed E-state index contributed by atoms with van der Waals surface area (Å²) in [6.07, 6.45) is 24.7. The Labute approximate surface area is 625 Å². The third kappa shape index (κ3) is 264. The van der Waals surface area contributed by atoms with E-state index in [-0.39, 0.29) is 0 Å². The van der Waals surface area contributed by atoms with Crippen molar-refractivity contribution in [2.24, 2.45) is 35.2 Å². The fourth-order valence-corrected chi connectivity index (χ4v) is 5.67. The summed E-state index contributed by atoms with van der Waals surface area (Å²) in [6.45, 7) is 95.4. The number of ether oxygens (including phenoxy) is 3. The molecule has 97 heavy (non-hydrogen) atoms. The maximum Gasteiger partial charge on any atom is 0.194 e. The van der Waals surface area contributed by atoms with Crippen LogP contribution in [0.1, 0.15) is 354 Å². The van der Waals surface area contributed by atoms with E-state index in [9.17, 15) is 0 Å². The molecule has 1 saturated carbocycles. The molecule has 18 nitrogen and oxygen atoms in total. The number of hydrogen-bond donors (Lipinski definition) is 7. The van der Waals surface area contributed by atoms with Crippen LogP contribution in [0, 0.1) is 0 Å². The number of thioether (sulfide) groups is 2. The fourth-order valence-electron chi connectivity index (χ4n) is 4.68. The molecule has 0 atom stereocenters. The molecular weight excluding hydrogens is 1250 g/mol. The summed E-state index contributed by atoms with van der Waals surface area (Å²) in [7, 11) is 0. The van der Waals surface area contributed by atoms with E-state index in [0.717, 1.165) is 84.4 Å². The van der Waals surface area contributed by atoms with Gasteiger partial charge in [0.15, 0.2) is 26.3 Å². The van der Waals surface area contributed by atoms with Gasteiger partial charge in [-0.3, -0.25) is 41.1 Å². The summed E-state index contributed by atoms with van der Waals surface area (Å²) in [5, 5.41) is 19.9. The average molecular weight is 1440 g/mol. The maximum atomic E-state index is 4.92. The van der Waals surface area contributed by atoms with E-state index in [1.807, 2.05) is 282 Å². The number of hydrogen-bond acceptors (Lipinski definition) is 20. The maximum absolute atomic E-state index is 4.92. The minimum absolute atomic E-state index is 0.458. The van der Waals surface area contributed by atoms with Crippen molar-refractivity contribution in [3.05, 3.63) is 0 Å². The van der Waals surface area contributed by atoms with Crippen LogP contribution >= 0.6 is 23.5 Å². The van der Waals surface area contributed by atoms with Crippen molar-refractivity contribution in [3.63, 3.8) is 0 Å². The van der Waals surface area contributed by atoms with Crippen LogP contribution in [0.2, 0.25) is 0 Å². The Kier molecular flexibility index (Phi) is 413. The Morgan fingerprint density at radius 2 is 0.753 bits per heavy atom. The molecule has 0 bridgehead atoms. The Balaban J connectivity index is -0.0000000357. The van der Waals surface area contributed by atoms with Crippen LogP contribution in [-0.2, 0) is 19.0 Å². The van der Waals surface area contributed by atoms with Gasteiger partial charge in [0, 0.05) is 70.7 Å². The lowest BCUT2D eigenvalue weighted by atomic mass is 10.0. The molecule has 9 aliphatic heterocycles. The van der Waals surface area contributed by atoms with Gasteiger partial charge < -0.3 is 35.5 Å². The van der Waals surface area contributed by atoms with E-state index in [1.54, 1.807) is 41.6 Å². The highest BCUT2D eigenvalue weighted by Gasteiger charge is 1.96. The summed E-state index contributed by atoms with van der Waals surface area (Å²) < 4.78 is 14.2. The summed E-state index contributed by atoms with van der Waals surface area (Å²) in [5.41, 5.74) is 11.5. The van der Waals surface area contributed by atoms with Crippen LogP contribution in [0.5, 0.6) is 0 Å². The van der Waals surface area contributed by atoms with E-state index >= 15 is 0 Å². The van der Waals surface area contributed by atoms with Crippen molar-refractivity contribution < 1.29 is 19.0 Å². The van der Waals surface area contributed by atoms with Crippen LogP contribution < -0.4 is 37.6 Å². The molecule has 0 radical (unpaired) electrons. The molecule has 10 rings (SSSR count). The van der Waals surface area contributed by atoms with Crippen molar-refractivity contribution in [2.45, 2.75) is 354 Å². The lowest BCUT2D eigenvalue weighted by Gasteiger charge is -2.11. The monoisotopic (exact) mass is 1440 g/mol. The van der Waals surface area contributed by atoms with Crippen LogP contribution in [-0.4, -0.2) is 160 Å². The summed E-state index contributed by atoms with van der Waals surface area (Å²) >= 11 is 3.47. The molecular formula is C77H194N14O4S2. The first-order valence-corrected chi connectivity index (χ1v) is 42.8. The molecule has 3 fully saturated rings. The molecule has 0 aromatic carbocycles. The van der Waals surface area contributed by atoms with Gasteiger partial charge in [-0.05, 0) is 38.8 Å². The minimum Gasteiger partial charge on any atom is -0.483 e. The fraction of sp³-hybridized carbons (Fsp3) is 0.909. The topological polar surface area (TPSA) is 208 Å². The van der Waals surface area contributed by atoms with Gasteiger partial charge >= 0.3 is 0 Å². The number of nitrogens with one attached hydrogen (secondary N) is 7. The van der Waals surface area contributed by atoms with E-state index in [0.29, 0.717) is 20.1 Å². The van der Waals surface area contributed by atoms with Crippen LogP contribution in [0.4, 0.5) is 0 Å². The highest BCUT2D eigenvalue weighted by Crippen LogP contribution is 2.15. The highest BCUT2D eigenvalue weighted by atomic mass is 32.2. The molecule has 9 heterocycles. The van der Waals surface area contributed by atoms with Crippen molar-refractivity contribution in [3.8, 4) is 0 Å². The van der Waals surface area contributed by atoms with Gasteiger partial charge in [0.1, 0.15) is 6.34 Å². The molecule has 0 spiro atoms. The zero-order valence-corrected chi connectivity index (χ0v) is 76.0. The van der Waals surface area contributed by atoms with E-state index in [1.165, 1.54) is 109 Å². The molecule has 10 aliphatic rings. The van der Waals surface area contributed by atoms with Gasteiger partial charge in [0.05, 0.1) is 49.7 Å². The van der Waals surface area contributed by atoms with E-state index in [4.69, 9.17) is 9.47 Å². The molecule has 0 amide bonds. The van der Waals surface area contributed by atoms with Crippen molar-refractivity contribution >= 4 is 66.3 Å². The number of hydrazone groups is 2. The number of rotatable bonds is 0. The molecule has 1 aliphatic carbocycles. The minimum atomic E-state index is 0.458. The molecule has 7 N–H and O–H groups in total. The lowest BCUT2D eigenvalue weighted by Crippen LogP contribution is -2.39.